The van der Waals surface area contributed by atoms with Gasteiger partial charge < -0.3 is 10.4 Å². The van der Waals surface area contributed by atoms with Gasteiger partial charge in [-0.3, -0.25) is 4.79 Å². The highest BCUT2D eigenvalue weighted by Crippen LogP contribution is 2.31. The lowest BCUT2D eigenvalue weighted by Crippen LogP contribution is -2.15. The summed E-state index contributed by atoms with van der Waals surface area (Å²) in [6.45, 7) is -0.0557. The predicted octanol–water partition coefficient (Wildman–Crippen LogP) is 4.46. The minimum absolute atomic E-state index is 0.0557. The molecule has 1 heterocycles. The molecule has 0 aliphatic carbocycles. The number of carboxylic acid groups (broad SMARTS) is 1. The highest BCUT2D eigenvalue weighted by Gasteiger charge is 2.19. The van der Waals surface area contributed by atoms with E-state index in [0.29, 0.717) is 15.6 Å². The molecule has 0 saturated carbocycles. The lowest BCUT2D eigenvalue weighted by Gasteiger charge is -2.04. The van der Waals surface area contributed by atoms with Crippen LogP contribution in [0.1, 0.15) is 20.0 Å². The molecule has 0 amide bonds. The van der Waals surface area contributed by atoms with Crippen molar-refractivity contribution in [1.82, 2.24) is 4.98 Å². The number of aromatic nitrogens is 1. The van der Waals surface area contributed by atoms with Gasteiger partial charge in [0.25, 0.3) is 0 Å². The van der Waals surface area contributed by atoms with Crippen molar-refractivity contribution < 1.29 is 14.7 Å². The third-order valence-electron chi connectivity index (χ3n) is 3.42. The van der Waals surface area contributed by atoms with Crippen molar-refractivity contribution in [3.05, 3.63) is 70.1 Å². The molecule has 0 atom stereocenters. The van der Waals surface area contributed by atoms with Crippen molar-refractivity contribution in [2.45, 2.75) is 0 Å². The number of anilines is 1. The summed E-state index contributed by atoms with van der Waals surface area (Å²) in [5.74, 6) is -1.07. The Morgan fingerprint density at radius 1 is 1.08 bits per heavy atom. The van der Waals surface area contributed by atoms with E-state index in [4.69, 9.17) is 11.6 Å². The van der Waals surface area contributed by atoms with Crippen molar-refractivity contribution >= 4 is 40.5 Å². The molecule has 0 fully saturated rings. The zero-order valence-electron chi connectivity index (χ0n) is 12.9. The van der Waals surface area contributed by atoms with Gasteiger partial charge in [-0.1, -0.05) is 41.9 Å². The van der Waals surface area contributed by atoms with Crippen LogP contribution >= 0.6 is 22.9 Å². The molecule has 0 spiro atoms. The van der Waals surface area contributed by atoms with Gasteiger partial charge in [-0.2, -0.15) is 0 Å². The molecular formula is C18H13ClN2O3S. The molecule has 3 rings (SSSR count). The second kappa shape index (κ2) is 7.46. The molecule has 126 valence electrons. The summed E-state index contributed by atoms with van der Waals surface area (Å²) >= 11 is 6.87. The van der Waals surface area contributed by atoms with E-state index in [-0.39, 0.29) is 23.0 Å². The fraction of sp³-hybridized carbons (Fsp3) is 0.0556. The number of aromatic carboxylic acids is 1. The van der Waals surface area contributed by atoms with Crippen LogP contribution in [0.2, 0.25) is 5.02 Å². The summed E-state index contributed by atoms with van der Waals surface area (Å²) in [7, 11) is 0. The molecule has 0 aliphatic heterocycles. The molecule has 2 aromatic carbocycles. The number of ketones is 1. The molecule has 5 nitrogen and oxygen atoms in total. The summed E-state index contributed by atoms with van der Waals surface area (Å²) in [5.41, 5.74) is 1.32. The number of nitrogens with zero attached hydrogens (tertiary/aromatic N) is 1. The second-order valence-electron chi connectivity index (χ2n) is 5.15. The first-order valence-corrected chi connectivity index (χ1v) is 8.56. The van der Waals surface area contributed by atoms with E-state index >= 15 is 0 Å². The molecule has 0 radical (unpaired) electrons. The number of hydrogen-bond acceptors (Lipinski definition) is 5. The number of halogens is 1. The average Bonchev–Trinajstić information content (AvgIpc) is 3.05. The predicted molar refractivity (Wildman–Crippen MR) is 98.8 cm³/mol. The van der Waals surface area contributed by atoms with E-state index < -0.39 is 5.97 Å². The normalized spacial score (nSPS) is 10.4. The summed E-state index contributed by atoms with van der Waals surface area (Å²) in [4.78, 5) is 28.1. The van der Waals surface area contributed by atoms with Gasteiger partial charge in [0, 0.05) is 16.1 Å². The first-order chi connectivity index (χ1) is 12.0. The number of rotatable bonds is 6. The van der Waals surface area contributed by atoms with Gasteiger partial charge in [0.2, 0.25) is 0 Å². The minimum Gasteiger partial charge on any atom is -0.477 e. The SMILES string of the molecule is O=C(CNc1nc(-c2ccccc2)sc1C(=O)O)c1ccc(Cl)cc1. The van der Waals surface area contributed by atoms with Crippen molar-refractivity contribution in [1.29, 1.82) is 0 Å². The van der Waals surface area contributed by atoms with Crippen molar-refractivity contribution in [2.24, 2.45) is 0 Å². The second-order valence-corrected chi connectivity index (χ2v) is 6.59. The van der Waals surface area contributed by atoms with Gasteiger partial charge in [0.15, 0.2) is 16.5 Å². The Balaban J connectivity index is 1.79. The minimum atomic E-state index is -1.08. The number of carboxylic acids is 1. The number of hydrogen-bond donors (Lipinski definition) is 2. The molecule has 0 bridgehead atoms. The van der Waals surface area contributed by atoms with E-state index in [9.17, 15) is 14.7 Å². The first kappa shape index (κ1) is 17.1. The Hall–Kier alpha value is -2.70. The fourth-order valence-electron chi connectivity index (χ4n) is 2.19. The van der Waals surface area contributed by atoms with Gasteiger partial charge in [-0.25, -0.2) is 9.78 Å². The fourth-order valence-corrected chi connectivity index (χ4v) is 3.20. The zero-order valence-corrected chi connectivity index (χ0v) is 14.5. The Labute approximate surface area is 152 Å². The van der Waals surface area contributed by atoms with Crippen LogP contribution in [0, 0.1) is 0 Å². The van der Waals surface area contributed by atoms with Crippen LogP contribution in [-0.4, -0.2) is 28.4 Å². The van der Waals surface area contributed by atoms with Crippen LogP contribution < -0.4 is 5.32 Å². The van der Waals surface area contributed by atoms with Crippen LogP contribution in [0.4, 0.5) is 5.82 Å². The quantitative estimate of drug-likeness (QED) is 0.624. The van der Waals surface area contributed by atoms with E-state index in [1.165, 1.54) is 0 Å². The van der Waals surface area contributed by atoms with Crippen LogP contribution in [0.15, 0.2) is 54.6 Å². The maximum absolute atomic E-state index is 12.2. The molecule has 0 saturated heterocycles. The summed E-state index contributed by atoms with van der Waals surface area (Å²) in [6, 6.07) is 15.8. The first-order valence-electron chi connectivity index (χ1n) is 7.37. The Morgan fingerprint density at radius 2 is 1.76 bits per heavy atom. The summed E-state index contributed by atoms with van der Waals surface area (Å²) in [6.07, 6.45) is 0. The maximum Gasteiger partial charge on any atom is 0.349 e. The smallest absolute Gasteiger partial charge is 0.349 e. The largest absolute Gasteiger partial charge is 0.477 e. The Kier molecular flexibility index (Phi) is 5.11. The third-order valence-corrected chi connectivity index (χ3v) is 4.77. The lowest BCUT2D eigenvalue weighted by molar-refractivity contribution is 0.0702. The molecule has 3 aromatic rings. The summed E-state index contributed by atoms with van der Waals surface area (Å²) < 4.78 is 0. The third kappa shape index (κ3) is 4.04. The van der Waals surface area contributed by atoms with E-state index in [1.54, 1.807) is 24.3 Å². The molecule has 25 heavy (non-hydrogen) atoms. The Morgan fingerprint density at radius 3 is 2.40 bits per heavy atom. The summed E-state index contributed by atoms with van der Waals surface area (Å²) in [5, 5.41) is 13.3. The van der Waals surface area contributed by atoms with Crippen LogP contribution in [0.3, 0.4) is 0 Å². The van der Waals surface area contributed by atoms with Crippen molar-refractivity contribution in [3.8, 4) is 10.6 Å². The van der Waals surface area contributed by atoms with E-state index in [2.05, 4.69) is 10.3 Å². The molecule has 0 aliphatic rings. The number of carbonyl (C=O) groups is 2. The number of thiazole rings is 1. The van der Waals surface area contributed by atoms with Gasteiger partial charge >= 0.3 is 5.97 Å². The van der Waals surface area contributed by atoms with Gasteiger partial charge in [0.05, 0.1) is 6.54 Å². The lowest BCUT2D eigenvalue weighted by atomic mass is 10.1. The standard InChI is InChI=1S/C18H13ClN2O3S/c19-13-8-6-11(7-9-13)14(22)10-20-16-15(18(23)24)25-17(21-16)12-4-2-1-3-5-12/h1-9,20H,10H2,(H,23,24). The Bertz CT molecular complexity index is 908. The monoisotopic (exact) mass is 372 g/mol. The van der Waals surface area contributed by atoms with Crippen molar-refractivity contribution in [3.63, 3.8) is 0 Å². The van der Waals surface area contributed by atoms with Gasteiger partial charge in [-0.05, 0) is 24.3 Å². The molecule has 0 unspecified atom stereocenters. The van der Waals surface area contributed by atoms with Gasteiger partial charge in [0.1, 0.15) is 5.01 Å². The van der Waals surface area contributed by atoms with Crippen molar-refractivity contribution in [2.75, 3.05) is 11.9 Å². The van der Waals surface area contributed by atoms with E-state index in [1.807, 2.05) is 30.3 Å². The highest BCUT2D eigenvalue weighted by molar-refractivity contribution is 7.17. The number of Topliss-reactive ketones (excluding diaryl/α,β-unsaturated/α-hetero) is 1. The maximum atomic E-state index is 12.2. The molecule has 2 N–H and O–H groups in total. The zero-order chi connectivity index (χ0) is 17.8. The number of carbonyl (C=O) groups excluding carboxylic acids is 1. The van der Waals surface area contributed by atoms with Gasteiger partial charge in [-0.15, -0.1) is 11.3 Å². The molecular weight excluding hydrogens is 360 g/mol. The highest BCUT2D eigenvalue weighted by atomic mass is 35.5. The molecule has 7 heteroatoms. The van der Waals surface area contributed by atoms with E-state index in [0.717, 1.165) is 16.9 Å². The number of nitrogens with one attached hydrogen (secondary N) is 1. The molecule has 1 aromatic heterocycles. The van der Waals surface area contributed by atoms with Crippen LogP contribution in [0.25, 0.3) is 10.6 Å². The average molecular weight is 373 g/mol. The van der Waals surface area contributed by atoms with Crippen LogP contribution in [0.5, 0.6) is 0 Å². The van der Waals surface area contributed by atoms with Crippen LogP contribution in [-0.2, 0) is 0 Å². The number of benzene rings is 2. The topological polar surface area (TPSA) is 79.3 Å².